The van der Waals surface area contributed by atoms with Gasteiger partial charge in [0, 0.05) is 32.9 Å². The van der Waals surface area contributed by atoms with Crippen LogP contribution in [0.5, 0.6) is 0 Å². The van der Waals surface area contributed by atoms with Gasteiger partial charge < -0.3 is 5.32 Å². The number of pyridine rings is 1. The van der Waals surface area contributed by atoms with Gasteiger partial charge in [-0.05, 0) is 40.2 Å². The highest BCUT2D eigenvalue weighted by Crippen LogP contribution is 2.26. The first kappa shape index (κ1) is 13.1. The van der Waals surface area contributed by atoms with Crippen LogP contribution in [0.1, 0.15) is 11.3 Å². The smallest absolute Gasteiger partial charge is 0.145 e. The lowest BCUT2D eigenvalue weighted by Gasteiger charge is -2.09. The third-order valence-corrected chi connectivity index (χ3v) is 3.55. The highest BCUT2D eigenvalue weighted by Gasteiger charge is 2.04. The van der Waals surface area contributed by atoms with Crippen molar-refractivity contribution in [2.24, 2.45) is 0 Å². The van der Waals surface area contributed by atoms with Gasteiger partial charge in [-0.2, -0.15) is 5.26 Å². The predicted octanol–water partition coefficient (Wildman–Crippen LogP) is 4.09. The largest absolute Gasteiger partial charge is 0.380 e. The van der Waals surface area contributed by atoms with Crippen LogP contribution in [0, 0.1) is 11.3 Å². The van der Waals surface area contributed by atoms with Crippen molar-refractivity contribution in [2.45, 2.75) is 6.54 Å². The Kier molecular flexibility index (Phi) is 4.34. The molecule has 0 saturated heterocycles. The van der Waals surface area contributed by atoms with Gasteiger partial charge in [-0.25, -0.2) is 4.98 Å². The van der Waals surface area contributed by atoms with E-state index in [0.29, 0.717) is 12.2 Å². The zero-order valence-corrected chi connectivity index (χ0v) is 12.5. The summed E-state index contributed by atoms with van der Waals surface area (Å²) in [4.78, 5) is 4.03. The van der Waals surface area contributed by atoms with E-state index in [1.54, 1.807) is 6.20 Å². The third kappa shape index (κ3) is 3.09. The van der Waals surface area contributed by atoms with Crippen LogP contribution < -0.4 is 5.32 Å². The van der Waals surface area contributed by atoms with E-state index in [2.05, 4.69) is 48.2 Å². The lowest BCUT2D eigenvalue weighted by Crippen LogP contribution is -2.03. The molecule has 0 saturated carbocycles. The molecule has 0 aliphatic carbocycles. The van der Waals surface area contributed by atoms with Crippen molar-refractivity contribution in [3.63, 3.8) is 0 Å². The van der Waals surface area contributed by atoms with E-state index >= 15 is 0 Å². The zero-order chi connectivity index (χ0) is 13.0. The third-order valence-electron chi connectivity index (χ3n) is 2.40. The molecule has 1 N–H and O–H groups in total. The van der Waals surface area contributed by atoms with Crippen molar-refractivity contribution in [2.75, 3.05) is 5.32 Å². The average Bonchev–Trinajstić information content (AvgIpc) is 2.38. The highest BCUT2D eigenvalue weighted by molar-refractivity contribution is 9.11. The number of hydrogen-bond donors (Lipinski definition) is 1. The van der Waals surface area contributed by atoms with Crippen LogP contribution in [0.4, 0.5) is 5.69 Å². The molecule has 1 aromatic carbocycles. The number of rotatable bonds is 3. The normalized spacial score (nSPS) is 9.83. The minimum atomic E-state index is 0.457. The molecule has 2 aromatic rings. The molecule has 0 spiro atoms. The fraction of sp³-hybridized carbons (Fsp3) is 0.0769. The van der Waals surface area contributed by atoms with E-state index in [-0.39, 0.29) is 0 Å². The van der Waals surface area contributed by atoms with E-state index in [1.807, 2.05) is 30.3 Å². The van der Waals surface area contributed by atoms with Crippen LogP contribution in [0.15, 0.2) is 45.5 Å². The quantitative estimate of drug-likeness (QED) is 0.889. The van der Waals surface area contributed by atoms with Crippen LogP contribution in [0.25, 0.3) is 0 Å². The molecule has 0 aliphatic rings. The van der Waals surface area contributed by atoms with Crippen molar-refractivity contribution in [1.82, 2.24) is 4.98 Å². The van der Waals surface area contributed by atoms with Gasteiger partial charge in [0.1, 0.15) is 11.8 Å². The summed E-state index contributed by atoms with van der Waals surface area (Å²) in [6, 6.07) is 11.7. The van der Waals surface area contributed by atoms with E-state index in [1.165, 1.54) is 0 Å². The molecule has 1 heterocycles. The number of nitrogens with zero attached hydrogens (tertiary/aromatic N) is 2. The molecule has 1 aromatic heterocycles. The Morgan fingerprint density at radius 1 is 1.28 bits per heavy atom. The monoisotopic (exact) mass is 365 g/mol. The first-order chi connectivity index (χ1) is 8.70. The highest BCUT2D eigenvalue weighted by atomic mass is 79.9. The molecule has 2 rings (SSSR count). The Labute approximate surface area is 122 Å². The van der Waals surface area contributed by atoms with Gasteiger partial charge in [-0.1, -0.05) is 22.0 Å². The Morgan fingerprint density at radius 2 is 2.11 bits per heavy atom. The minimum Gasteiger partial charge on any atom is -0.380 e. The number of benzene rings is 1. The second-order valence-electron chi connectivity index (χ2n) is 3.60. The Bertz CT molecular complexity index is 605. The summed E-state index contributed by atoms with van der Waals surface area (Å²) in [5.41, 5.74) is 2.32. The van der Waals surface area contributed by atoms with E-state index in [0.717, 1.165) is 20.2 Å². The standard InChI is InChI=1S/C13H9Br2N3/c14-10-3-4-12(11(15)6-10)18-8-9-2-1-5-17-13(9)7-16/h1-6,18H,8H2. The Hall–Kier alpha value is -1.38. The van der Waals surface area contributed by atoms with Crippen molar-refractivity contribution in [3.05, 3.63) is 56.7 Å². The van der Waals surface area contributed by atoms with Crippen molar-refractivity contribution < 1.29 is 0 Å². The maximum Gasteiger partial charge on any atom is 0.145 e. The molecule has 0 radical (unpaired) electrons. The molecule has 0 unspecified atom stereocenters. The van der Waals surface area contributed by atoms with Crippen LogP contribution in [-0.2, 0) is 6.54 Å². The van der Waals surface area contributed by atoms with Crippen LogP contribution in [0.3, 0.4) is 0 Å². The fourth-order valence-corrected chi connectivity index (χ4v) is 2.69. The van der Waals surface area contributed by atoms with Crippen molar-refractivity contribution in [1.29, 1.82) is 5.26 Å². The maximum absolute atomic E-state index is 8.95. The molecular formula is C13H9Br2N3. The lowest BCUT2D eigenvalue weighted by atomic mass is 10.2. The predicted molar refractivity (Wildman–Crippen MR) is 78.1 cm³/mol. The van der Waals surface area contributed by atoms with Gasteiger partial charge in [0.15, 0.2) is 0 Å². The van der Waals surface area contributed by atoms with Crippen LogP contribution in [-0.4, -0.2) is 4.98 Å². The number of halogens is 2. The van der Waals surface area contributed by atoms with E-state index < -0.39 is 0 Å². The SMILES string of the molecule is N#Cc1ncccc1CNc1ccc(Br)cc1Br. The second kappa shape index (κ2) is 5.98. The Morgan fingerprint density at radius 3 is 2.83 bits per heavy atom. The molecule has 5 heteroatoms. The Balaban J connectivity index is 2.14. The van der Waals surface area contributed by atoms with Crippen LogP contribution >= 0.6 is 31.9 Å². The molecular weight excluding hydrogens is 358 g/mol. The van der Waals surface area contributed by atoms with Crippen molar-refractivity contribution in [3.8, 4) is 6.07 Å². The van der Waals surface area contributed by atoms with Gasteiger partial charge >= 0.3 is 0 Å². The number of anilines is 1. The van der Waals surface area contributed by atoms with Crippen LogP contribution in [0.2, 0.25) is 0 Å². The van der Waals surface area contributed by atoms with Gasteiger partial charge in [-0.15, -0.1) is 0 Å². The van der Waals surface area contributed by atoms with E-state index in [4.69, 9.17) is 5.26 Å². The number of nitrogens with one attached hydrogen (secondary N) is 1. The molecule has 0 atom stereocenters. The summed E-state index contributed by atoms with van der Waals surface area (Å²) in [5, 5.41) is 12.2. The zero-order valence-electron chi connectivity index (χ0n) is 9.32. The van der Waals surface area contributed by atoms with Gasteiger partial charge in [0.2, 0.25) is 0 Å². The van der Waals surface area contributed by atoms with Gasteiger partial charge in [0.25, 0.3) is 0 Å². The van der Waals surface area contributed by atoms with Gasteiger partial charge in [0.05, 0.1) is 0 Å². The summed E-state index contributed by atoms with van der Waals surface area (Å²) in [6.45, 7) is 0.566. The summed E-state index contributed by atoms with van der Waals surface area (Å²) in [5.74, 6) is 0. The average molecular weight is 367 g/mol. The summed E-state index contributed by atoms with van der Waals surface area (Å²) in [6.07, 6.45) is 1.62. The topological polar surface area (TPSA) is 48.7 Å². The van der Waals surface area contributed by atoms with Gasteiger partial charge in [-0.3, -0.25) is 0 Å². The maximum atomic E-state index is 8.95. The lowest BCUT2D eigenvalue weighted by molar-refractivity contribution is 1.09. The molecule has 0 fully saturated rings. The second-order valence-corrected chi connectivity index (χ2v) is 5.37. The van der Waals surface area contributed by atoms with Crippen molar-refractivity contribution >= 4 is 37.5 Å². The number of aromatic nitrogens is 1. The fourth-order valence-electron chi connectivity index (χ4n) is 1.51. The molecule has 0 bridgehead atoms. The molecule has 0 aliphatic heterocycles. The number of hydrogen-bond acceptors (Lipinski definition) is 3. The molecule has 3 nitrogen and oxygen atoms in total. The summed E-state index contributed by atoms with van der Waals surface area (Å²) in [7, 11) is 0. The first-order valence-electron chi connectivity index (χ1n) is 5.23. The van der Waals surface area contributed by atoms with E-state index in [9.17, 15) is 0 Å². The number of nitriles is 1. The first-order valence-corrected chi connectivity index (χ1v) is 6.82. The molecule has 0 amide bonds. The molecule has 18 heavy (non-hydrogen) atoms. The summed E-state index contributed by atoms with van der Waals surface area (Å²) >= 11 is 6.89. The summed E-state index contributed by atoms with van der Waals surface area (Å²) < 4.78 is 1.98. The molecule has 90 valence electrons. The minimum absolute atomic E-state index is 0.457.